The van der Waals surface area contributed by atoms with Crippen LogP contribution in [0, 0.1) is 11.7 Å². The number of rotatable bonds is 7. The normalized spacial score (nSPS) is 15.2. The number of imide groups is 1. The van der Waals surface area contributed by atoms with Crippen LogP contribution in [0.15, 0.2) is 85.6 Å². The second-order valence-corrected chi connectivity index (χ2v) is 9.64. The smallest absolute Gasteiger partial charge is 0.455 e. The lowest BCUT2D eigenvalue weighted by molar-refractivity contribution is -0.419. The number of aromatic nitrogens is 4. The minimum atomic E-state index is -1.27. The van der Waals surface area contributed by atoms with E-state index in [2.05, 4.69) is 15.4 Å². The average molecular weight is 567 g/mol. The highest BCUT2D eigenvalue weighted by Crippen LogP contribution is 2.31. The minimum Gasteiger partial charge on any atom is -0.455 e. The summed E-state index contributed by atoms with van der Waals surface area (Å²) >= 11 is 0. The molecule has 4 amide bonds. The number of amides is 4. The number of imidazole rings is 1. The van der Waals surface area contributed by atoms with Gasteiger partial charge in [0.2, 0.25) is 5.91 Å². The molecule has 6 rings (SSSR count). The summed E-state index contributed by atoms with van der Waals surface area (Å²) in [5, 5.41) is 7.07. The number of anilines is 2. The van der Waals surface area contributed by atoms with Crippen molar-refractivity contribution >= 4 is 41.0 Å². The number of pyridine rings is 1. The maximum Gasteiger partial charge on any atom is 0.505 e. The topological polar surface area (TPSA) is 114 Å². The van der Waals surface area contributed by atoms with Crippen LogP contribution in [-0.4, -0.2) is 54.3 Å². The van der Waals surface area contributed by atoms with E-state index in [1.165, 1.54) is 22.9 Å². The fraction of sp³-hybridized carbons (Fsp3) is 0.133. The molecule has 42 heavy (non-hydrogen) atoms. The number of benzene rings is 2. The van der Waals surface area contributed by atoms with E-state index in [0.29, 0.717) is 17.2 Å². The molecule has 1 atom stereocenters. The number of carbonyl (C=O) groups excluding carboxylic acids is 3. The van der Waals surface area contributed by atoms with E-state index in [0.717, 1.165) is 33.8 Å². The summed E-state index contributed by atoms with van der Waals surface area (Å²) < 4.78 is 24.5. The molecule has 11 nitrogen and oxygen atoms in total. The zero-order valence-electron chi connectivity index (χ0n) is 22.6. The SMILES string of the molecule is CC[N+]1=CC(C(=O)Nc2ccc(Oc3cc(-c4cn(C)cn4)cn4nccc34)cc2)C(=O)N(c2ccc(F)cc2)C1=O. The van der Waals surface area contributed by atoms with Crippen molar-refractivity contribution in [3.63, 3.8) is 0 Å². The monoisotopic (exact) mass is 566 g/mol. The molecule has 0 fully saturated rings. The molecule has 1 N–H and O–H groups in total. The highest BCUT2D eigenvalue weighted by molar-refractivity contribution is 6.28. The molecule has 4 heterocycles. The van der Waals surface area contributed by atoms with Gasteiger partial charge < -0.3 is 14.6 Å². The molecule has 2 aromatic carbocycles. The molecular formula is C30H25FN7O4+. The van der Waals surface area contributed by atoms with Gasteiger partial charge >= 0.3 is 11.9 Å². The largest absolute Gasteiger partial charge is 0.505 e. The highest BCUT2D eigenvalue weighted by Gasteiger charge is 2.47. The van der Waals surface area contributed by atoms with Gasteiger partial charge in [0, 0.05) is 30.7 Å². The maximum atomic E-state index is 13.4. The Balaban J connectivity index is 1.20. The van der Waals surface area contributed by atoms with Crippen molar-refractivity contribution in [1.82, 2.24) is 19.2 Å². The van der Waals surface area contributed by atoms with Gasteiger partial charge in [-0.15, -0.1) is 4.90 Å². The Morgan fingerprint density at radius 3 is 2.52 bits per heavy atom. The summed E-state index contributed by atoms with van der Waals surface area (Å²) in [5.74, 6) is -2.04. The number of carbonyl (C=O) groups is 3. The number of urea groups is 1. The van der Waals surface area contributed by atoms with Crippen molar-refractivity contribution in [2.45, 2.75) is 6.92 Å². The predicted molar refractivity (Wildman–Crippen MR) is 152 cm³/mol. The summed E-state index contributed by atoms with van der Waals surface area (Å²) in [5.41, 5.74) is 2.97. The average Bonchev–Trinajstić information content (AvgIpc) is 3.64. The lowest BCUT2D eigenvalue weighted by atomic mass is 10.1. The van der Waals surface area contributed by atoms with Crippen LogP contribution in [0.25, 0.3) is 16.8 Å². The third-order valence-electron chi connectivity index (χ3n) is 6.78. The summed E-state index contributed by atoms with van der Waals surface area (Å²) in [4.78, 5) is 44.6. The van der Waals surface area contributed by atoms with Gasteiger partial charge in [-0.25, -0.2) is 23.3 Å². The Bertz CT molecular complexity index is 1860. The summed E-state index contributed by atoms with van der Waals surface area (Å²) in [7, 11) is 1.89. The zero-order valence-corrected chi connectivity index (χ0v) is 22.6. The van der Waals surface area contributed by atoms with Crippen LogP contribution in [0.2, 0.25) is 0 Å². The van der Waals surface area contributed by atoms with Crippen LogP contribution in [0.3, 0.4) is 0 Å². The van der Waals surface area contributed by atoms with Crippen LogP contribution in [0.4, 0.5) is 20.6 Å². The van der Waals surface area contributed by atoms with Crippen LogP contribution >= 0.6 is 0 Å². The minimum absolute atomic E-state index is 0.177. The first-order valence-corrected chi connectivity index (χ1v) is 13.1. The Morgan fingerprint density at radius 2 is 1.83 bits per heavy atom. The molecular weight excluding hydrogens is 541 g/mol. The molecule has 0 bridgehead atoms. The zero-order chi connectivity index (χ0) is 29.4. The molecule has 210 valence electrons. The van der Waals surface area contributed by atoms with E-state index in [1.807, 2.05) is 36.1 Å². The van der Waals surface area contributed by atoms with Crippen molar-refractivity contribution < 1.29 is 28.1 Å². The van der Waals surface area contributed by atoms with E-state index in [4.69, 9.17) is 4.74 Å². The van der Waals surface area contributed by atoms with Crippen molar-refractivity contribution in [3.05, 3.63) is 91.4 Å². The van der Waals surface area contributed by atoms with Gasteiger partial charge in [-0.1, -0.05) is 0 Å². The maximum absolute atomic E-state index is 13.4. The molecule has 1 aliphatic rings. The van der Waals surface area contributed by atoms with Gasteiger partial charge in [0.25, 0.3) is 0 Å². The number of aryl methyl sites for hydroxylation is 1. The molecule has 0 radical (unpaired) electrons. The van der Waals surface area contributed by atoms with Gasteiger partial charge in [0.1, 0.15) is 22.8 Å². The van der Waals surface area contributed by atoms with E-state index in [1.54, 1.807) is 48.2 Å². The second kappa shape index (κ2) is 10.7. The van der Waals surface area contributed by atoms with E-state index >= 15 is 0 Å². The highest BCUT2D eigenvalue weighted by atomic mass is 19.1. The Labute approximate surface area is 239 Å². The van der Waals surface area contributed by atoms with E-state index < -0.39 is 29.6 Å². The van der Waals surface area contributed by atoms with Crippen molar-refractivity contribution in [2.75, 3.05) is 16.8 Å². The second-order valence-electron chi connectivity index (χ2n) is 9.64. The quantitative estimate of drug-likeness (QED) is 0.229. The standard InChI is InChI=1S/C30H24FN7O4/c1-3-36-16-24(29(40)38(30(36)41)22-8-4-20(31)5-9-22)28(39)34-21-6-10-23(11-7-21)42-27-14-19(25-17-35(2)18-32-25)15-37-26(27)12-13-33-37/h4-18,24H,3H2,1-2H3/p+1. The third-order valence-corrected chi connectivity index (χ3v) is 6.78. The first kappa shape index (κ1) is 26.6. The van der Waals surface area contributed by atoms with Crippen LogP contribution in [0.5, 0.6) is 11.5 Å². The predicted octanol–water partition coefficient (Wildman–Crippen LogP) is 4.49. The number of hydrogen-bond donors (Lipinski definition) is 1. The number of hydrogen-bond acceptors (Lipinski definition) is 6. The van der Waals surface area contributed by atoms with Crippen molar-refractivity contribution in [2.24, 2.45) is 13.0 Å². The Morgan fingerprint density at radius 1 is 1.07 bits per heavy atom. The van der Waals surface area contributed by atoms with Crippen molar-refractivity contribution in [3.8, 4) is 22.8 Å². The molecule has 3 aromatic heterocycles. The summed E-state index contributed by atoms with van der Waals surface area (Å²) in [6.45, 7) is 1.97. The summed E-state index contributed by atoms with van der Waals surface area (Å²) in [6, 6.07) is 14.7. The lowest BCUT2D eigenvalue weighted by Gasteiger charge is -2.22. The molecule has 0 spiro atoms. The van der Waals surface area contributed by atoms with Crippen LogP contribution in [0.1, 0.15) is 6.92 Å². The molecule has 0 saturated carbocycles. The third kappa shape index (κ3) is 5.01. The fourth-order valence-electron chi connectivity index (χ4n) is 4.65. The summed E-state index contributed by atoms with van der Waals surface area (Å²) in [6.07, 6.45) is 8.47. The van der Waals surface area contributed by atoms with Crippen LogP contribution in [-0.2, 0) is 16.6 Å². The number of ether oxygens (including phenoxy) is 1. The van der Waals surface area contributed by atoms with Gasteiger partial charge in [-0.05, 0) is 67.6 Å². The van der Waals surface area contributed by atoms with Gasteiger partial charge in [0.05, 0.1) is 31.0 Å². The number of fused-ring (bicyclic) bond motifs is 1. The fourth-order valence-corrected chi connectivity index (χ4v) is 4.65. The van der Waals surface area contributed by atoms with Gasteiger partial charge in [0.15, 0.2) is 11.7 Å². The van der Waals surface area contributed by atoms with Crippen molar-refractivity contribution in [1.29, 1.82) is 0 Å². The molecule has 0 aliphatic carbocycles. The number of nitrogens with one attached hydrogen (secondary N) is 1. The molecule has 1 aliphatic heterocycles. The number of nitrogens with zero attached hydrogens (tertiary/aromatic N) is 6. The van der Waals surface area contributed by atoms with Gasteiger partial charge in [-0.2, -0.15) is 9.89 Å². The van der Waals surface area contributed by atoms with E-state index in [9.17, 15) is 18.8 Å². The first-order chi connectivity index (χ1) is 20.3. The van der Waals surface area contributed by atoms with Gasteiger partial charge in [-0.3, -0.25) is 4.79 Å². The molecule has 1 unspecified atom stereocenters. The Hall–Kier alpha value is -5.65. The van der Waals surface area contributed by atoms with E-state index in [-0.39, 0.29) is 12.2 Å². The first-order valence-electron chi connectivity index (χ1n) is 13.1. The lowest BCUT2D eigenvalue weighted by Crippen LogP contribution is -2.54. The molecule has 5 aromatic rings. The molecule has 0 saturated heterocycles. The van der Waals surface area contributed by atoms with Crippen LogP contribution < -0.4 is 15.0 Å². The number of halogens is 1. The molecule has 12 heteroatoms. The Kier molecular flexibility index (Phi) is 6.79.